The number of benzene rings is 2. The summed E-state index contributed by atoms with van der Waals surface area (Å²) in [7, 11) is 4.61. The first-order chi connectivity index (χ1) is 14.4. The quantitative estimate of drug-likeness (QED) is 0.456. The molecule has 0 aliphatic rings. The first-order valence-corrected chi connectivity index (χ1v) is 9.06. The largest absolute Gasteiger partial charge is 0.497 e. The highest BCUT2D eigenvalue weighted by atomic mass is 16.5. The van der Waals surface area contributed by atoms with Crippen LogP contribution in [0, 0.1) is 0 Å². The second kappa shape index (κ2) is 11.3. The van der Waals surface area contributed by atoms with Crippen LogP contribution in [0.1, 0.15) is 13.3 Å². The van der Waals surface area contributed by atoms with E-state index >= 15 is 0 Å². The Morgan fingerprint density at radius 2 is 1.50 bits per heavy atom. The van der Waals surface area contributed by atoms with Crippen molar-refractivity contribution in [2.75, 3.05) is 33.3 Å². The summed E-state index contributed by atoms with van der Waals surface area (Å²) in [5.74, 6) is 1.56. The summed E-state index contributed by atoms with van der Waals surface area (Å²) in [4.78, 5) is 24.1. The normalized spacial score (nSPS) is 10.7. The SMILES string of the molecule is COc1ccc(OCC(=O)NN=C(C)CC(=O)Nc2ccc(OC)cc2OC)cc1. The van der Waals surface area contributed by atoms with Crippen LogP contribution in [-0.2, 0) is 9.59 Å². The van der Waals surface area contributed by atoms with Crippen molar-refractivity contribution in [3.05, 3.63) is 42.5 Å². The van der Waals surface area contributed by atoms with Gasteiger partial charge in [-0.15, -0.1) is 0 Å². The van der Waals surface area contributed by atoms with E-state index in [0.717, 1.165) is 0 Å². The number of nitrogens with one attached hydrogen (secondary N) is 2. The van der Waals surface area contributed by atoms with Crippen LogP contribution >= 0.6 is 0 Å². The summed E-state index contributed by atoms with van der Waals surface area (Å²) in [6, 6.07) is 11.9. The third-order valence-electron chi connectivity index (χ3n) is 3.90. The van der Waals surface area contributed by atoms with E-state index in [4.69, 9.17) is 18.9 Å². The van der Waals surface area contributed by atoms with Gasteiger partial charge >= 0.3 is 0 Å². The standard InChI is InChI=1S/C21H25N3O6/c1-14(11-20(25)22-18-10-9-17(28-3)12-19(18)29-4)23-24-21(26)13-30-16-7-5-15(27-2)6-8-16/h5-10,12H,11,13H2,1-4H3,(H,22,25)(H,24,26). The predicted molar refractivity (Wildman–Crippen MR) is 113 cm³/mol. The van der Waals surface area contributed by atoms with Gasteiger partial charge in [0.15, 0.2) is 6.61 Å². The van der Waals surface area contributed by atoms with E-state index in [1.165, 1.54) is 7.11 Å². The molecular weight excluding hydrogens is 390 g/mol. The van der Waals surface area contributed by atoms with Crippen molar-refractivity contribution in [1.29, 1.82) is 0 Å². The Morgan fingerprint density at radius 3 is 2.13 bits per heavy atom. The maximum Gasteiger partial charge on any atom is 0.277 e. The number of rotatable bonds is 10. The molecule has 9 nitrogen and oxygen atoms in total. The zero-order chi connectivity index (χ0) is 21.9. The topological polar surface area (TPSA) is 107 Å². The second-order valence-corrected chi connectivity index (χ2v) is 6.14. The van der Waals surface area contributed by atoms with E-state index in [-0.39, 0.29) is 18.9 Å². The lowest BCUT2D eigenvalue weighted by Crippen LogP contribution is -2.26. The number of carbonyl (C=O) groups is 2. The molecule has 2 aromatic carbocycles. The van der Waals surface area contributed by atoms with Crippen LogP contribution in [0.2, 0.25) is 0 Å². The van der Waals surface area contributed by atoms with Gasteiger partial charge in [0.25, 0.3) is 5.91 Å². The van der Waals surface area contributed by atoms with Crippen LogP contribution < -0.4 is 29.7 Å². The molecule has 30 heavy (non-hydrogen) atoms. The van der Waals surface area contributed by atoms with Gasteiger partial charge in [0, 0.05) is 11.8 Å². The maximum atomic E-state index is 12.2. The lowest BCUT2D eigenvalue weighted by atomic mass is 10.2. The minimum Gasteiger partial charge on any atom is -0.497 e. The molecule has 0 saturated carbocycles. The summed E-state index contributed by atoms with van der Waals surface area (Å²) in [5.41, 5.74) is 3.30. The number of amides is 2. The third-order valence-corrected chi connectivity index (χ3v) is 3.90. The fraction of sp³-hybridized carbons (Fsp3) is 0.286. The average Bonchev–Trinajstić information content (AvgIpc) is 2.76. The first-order valence-electron chi connectivity index (χ1n) is 9.06. The number of carbonyl (C=O) groups excluding carboxylic acids is 2. The van der Waals surface area contributed by atoms with Crippen LogP contribution in [0.5, 0.6) is 23.0 Å². The van der Waals surface area contributed by atoms with Gasteiger partial charge in [-0.1, -0.05) is 0 Å². The molecule has 0 aliphatic carbocycles. The van der Waals surface area contributed by atoms with E-state index in [0.29, 0.717) is 34.4 Å². The molecule has 0 bridgehead atoms. The molecule has 2 aromatic rings. The molecule has 0 unspecified atom stereocenters. The Bertz CT molecular complexity index is 896. The average molecular weight is 415 g/mol. The van der Waals surface area contributed by atoms with Gasteiger partial charge in [-0.3, -0.25) is 9.59 Å². The molecule has 160 valence electrons. The van der Waals surface area contributed by atoms with Gasteiger partial charge in [-0.25, -0.2) is 5.43 Å². The van der Waals surface area contributed by atoms with Crippen molar-refractivity contribution in [1.82, 2.24) is 5.43 Å². The van der Waals surface area contributed by atoms with Crippen molar-refractivity contribution in [2.45, 2.75) is 13.3 Å². The zero-order valence-corrected chi connectivity index (χ0v) is 17.4. The van der Waals surface area contributed by atoms with E-state index in [1.807, 2.05) is 0 Å². The van der Waals surface area contributed by atoms with E-state index in [9.17, 15) is 9.59 Å². The molecule has 9 heteroatoms. The molecule has 0 atom stereocenters. The lowest BCUT2D eigenvalue weighted by Gasteiger charge is -2.11. The summed E-state index contributed by atoms with van der Waals surface area (Å²) in [5, 5.41) is 6.66. The van der Waals surface area contributed by atoms with Crippen LogP contribution in [0.4, 0.5) is 5.69 Å². The number of hydrogen-bond acceptors (Lipinski definition) is 7. The minimum absolute atomic E-state index is 0.00516. The number of methoxy groups -OCH3 is 3. The molecule has 0 heterocycles. The number of hydrogen-bond donors (Lipinski definition) is 2. The van der Waals surface area contributed by atoms with Crippen LogP contribution in [-0.4, -0.2) is 45.5 Å². The molecule has 0 spiro atoms. The predicted octanol–water partition coefficient (Wildman–Crippen LogP) is 2.61. The van der Waals surface area contributed by atoms with Gasteiger partial charge in [-0.2, -0.15) is 5.10 Å². The van der Waals surface area contributed by atoms with Crippen molar-refractivity contribution >= 4 is 23.2 Å². The molecule has 2 rings (SSSR count). The Balaban J connectivity index is 1.81. The Hall–Kier alpha value is -3.75. The first kappa shape index (κ1) is 22.5. The van der Waals surface area contributed by atoms with Gasteiger partial charge in [0.05, 0.1) is 33.4 Å². The van der Waals surface area contributed by atoms with Crippen molar-refractivity contribution in [3.63, 3.8) is 0 Å². The highest BCUT2D eigenvalue weighted by Gasteiger charge is 2.10. The summed E-state index contributed by atoms with van der Waals surface area (Å²) in [6.07, 6.45) is -0.00516. The highest BCUT2D eigenvalue weighted by Crippen LogP contribution is 2.29. The number of anilines is 1. The molecule has 2 N–H and O–H groups in total. The summed E-state index contributed by atoms with van der Waals surface area (Å²) in [6.45, 7) is 1.42. The fourth-order valence-corrected chi connectivity index (χ4v) is 2.38. The van der Waals surface area contributed by atoms with E-state index in [2.05, 4.69) is 15.8 Å². The molecule has 0 aliphatic heterocycles. The zero-order valence-electron chi connectivity index (χ0n) is 17.4. The van der Waals surface area contributed by atoms with Gasteiger partial charge < -0.3 is 24.3 Å². The third kappa shape index (κ3) is 7.01. The summed E-state index contributed by atoms with van der Waals surface area (Å²) >= 11 is 0. The Kier molecular flexibility index (Phi) is 8.49. The van der Waals surface area contributed by atoms with Crippen molar-refractivity contribution in [3.8, 4) is 23.0 Å². The van der Waals surface area contributed by atoms with Crippen molar-refractivity contribution in [2.24, 2.45) is 5.10 Å². The fourth-order valence-electron chi connectivity index (χ4n) is 2.38. The molecular formula is C21H25N3O6. The Morgan fingerprint density at radius 1 is 0.867 bits per heavy atom. The highest BCUT2D eigenvalue weighted by molar-refractivity contribution is 6.06. The van der Waals surface area contributed by atoms with E-state index in [1.54, 1.807) is 63.6 Å². The lowest BCUT2D eigenvalue weighted by molar-refractivity contribution is -0.123. The van der Waals surface area contributed by atoms with Gasteiger partial charge in [-0.05, 0) is 43.3 Å². The second-order valence-electron chi connectivity index (χ2n) is 6.14. The number of ether oxygens (including phenoxy) is 4. The molecule has 0 aromatic heterocycles. The molecule has 0 saturated heterocycles. The number of nitrogens with zero attached hydrogens (tertiary/aromatic N) is 1. The van der Waals surface area contributed by atoms with Crippen LogP contribution in [0.15, 0.2) is 47.6 Å². The summed E-state index contributed by atoms with van der Waals surface area (Å²) < 4.78 is 20.8. The monoisotopic (exact) mass is 415 g/mol. The van der Waals surface area contributed by atoms with Crippen molar-refractivity contribution < 1.29 is 28.5 Å². The van der Waals surface area contributed by atoms with E-state index < -0.39 is 5.91 Å². The smallest absolute Gasteiger partial charge is 0.277 e. The minimum atomic E-state index is -0.442. The van der Waals surface area contributed by atoms with Crippen LogP contribution in [0.3, 0.4) is 0 Å². The number of hydrazone groups is 1. The Labute approximate surface area is 175 Å². The van der Waals surface area contributed by atoms with Crippen LogP contribution in [0.25, 0.3) is 0 Å². The maximum absolute atomic E-state index is 12.2. The molecule has 2 amide bonds. The molecule has 0 fully saturated rings. The molecule has 0 radical (unpaired) electrons. The van der Waals surface area contributed by atoms with Gasteiger partial charge in [0.1, 0.15) is 23.0 Å². The van der Waals surface area contributed by atoms with Gasteiger partial charge in [0.2, 0.25) is 5.91 Å².